The zero-order chi connectivity index (χ0) is 24.8. The number of hydrogen-bond acceptors (Lipinski definition) is 4. The number of hydrogen-bond donors (Lipinski definition) is 1. The summed E-state index contributed by atoms with van der Waals surface area (Å²) in [6, 6.07) is 11.7. The number of nitrogens with one attached hydrogen (secondary N) is 1. The molecule has 0 radical (unpaired) electrons. The van der Waals surface area contributed by atoms with Crippen LogP contribution < -0.4 is 10.1 Å². The lowest BCUT2D eigenvalue weighted by Crippen LogP contribution is -2.55. The number of piperidine rings is 2. The van der Waals surface area contributed by atoms with E-state index in [1.807, 2.05) is 4.90 Å². The SMILES string of the molecule is COc1cccc(C(=O)N[C@@H](C(=O)N2CCCCC2)C2CCN(C(=O)c3ccc(F)cc3)CC2)c1. The third kappa shape index (κ3) is 5.99. The molecule has 7 nitrogen and oxygen atoms in total. The summed E-state index contributed by atoms with van der Waals surface area (Å²) in [6.07, 6.45) is 4.22. The van der Waals surface area contributed by atoms with Crippen molar-refractivity contribution in [2.75, 3.05) is 33.3 Å². The van der Waals surface area contributed by atoms with E-state index in [9.17, 15) is 18.8 Å². The molecule has 186 valence electrons. The van der Waals surface area contributed by atoms with E-state index >= 15 is 0 Å². The Hall–Kier alpha value is -3.42. The number of methoxy groups -OCH3 is 1. The number of carbonyl (C=O) groups is 3. The van der Waals surface area contributed by atoms with Crippen molar-refractivity contribution >= 4 is 17.7 Å². The Morgan fingerprint density at radius 2 is 1.60 bits per heavy atom. The molecule has 0 unspecified atom stereocenters. The van der Waals surface area contributed by atoms with E-state index < -0.39 is 6.04 Å². The van der Waals surface area contributed by atoms with Crippen molar-refractivity contribution in [1.82, 2.24) is 15.1 Å². The number of nitrogens with zero attached hydrogens (tertiary/aromatic N) is 2. The molecule has 35 heavy (non-hydrogen) atoms. The molecule has 0 aromatic heterocycles. The van der Waals surface area contributed by atoms with Crippen LogP contribution in [-0.2, 0) is 4.79 Å². The molecule has 4 rings (SSSR count). The quantitative estimate of drug-likeness (QED) is 0.685. The lowest BCUT2D eigenvalue weighted by molar-refractivity contribution is -0.136. The number of amides is 3. The molecule has 2 aliphatic heterocycles. The van der Waals surface area contributed by atoms with Crippen LogP contribution in [0.25, 0.3) is 0 Å². The minimum atomic E-state index is -0.658. The molecule has 8 heteroatoms. The molecule has 2 aliphatic rings. The van der Waals surface area contributed by atoms with Crippen LogP contribution in [0.5, 0.6) is 5.75 Å². The maximum atomic E-state index is 13.5. The van der Waals surface area contributed by atoms with Crippen LogP contribution in [0.3, 0.4) is 0 Å². The fourth-order valence-electron chi connectivity index (χ4n) is 4.89. The minimum Gasteiger partial charge on any atom is -0.497 e. The maximum absolute atomic E-state index is 13.5. The highest BCUT2D eigenvalue weighted by Crippen LogP contribution is 2.25. The van der Waals surface area contributed by atoms with Gasteiger partial charge in [0.1, 0.15) is 17.6 Å². The van der Waals surface area contributed by atoms with Gasteiger partial charge in [-0.15, -0.1) is 0 Å². The number of ether oxygens (including phenoxy) is 1. The zero-order valence-electron chi connectivity index (χ0n) is 20.0. The van der Waals surface area contributed by atoms with Gasteiger partial charge in [-0.25, -0.2) is 4.39 Å². The van der Waals surface area contributed by atoms with E-state index in [4.69, 9.17) is 4.74 Å². The standard InChI is InChI=1S/C27H32FN3O4/c1-35-23-7-5-6-21(18-23)25(32)29-24(27(34)30-14-3-2-4-15-30)19-12-16-31(17-13-19)26(33)20-8-10-22(28)11-9-20/h5-11,18-19,24H,2-4,12-17H2,1H3,(H,29,32)/t24-/m1/s1. The van der Waals surface area contributed by atoms with E-state index in [0.717, 1.165) is 19.3 Å². The summed E-state index contributed by atoms with van der Waals surface area (Å²) >= 11 is 0. The summed E-state index contributed by atoms with van der Waals surface area (Å²) in [4.78, 5) is 43.1. The molecule has 2 saturated heterocycles. The Bertz CT molecular complexity index is 1040. The largest absolute Gasteiger partial charge is 0.497 e. The van der Waals surface area contributed by atoms with Gasteiger partial charge in [0.25, 0.3) is 11.8 Å². The Labute approximate surface area is 205 Å². The molecule has 2 fully saturated rings. The van der Waals surface area contributed by atoms with Crippen molar-refractivity contribution in [3.05, 3.63) is 65.5 Å². The molecular weight excluding hydrogens is 449 g/mol. The third-order valence-electron chi connectivity index (χ3n) is 6.94. The van der Waals surface area contributed by atoms with Gasteiger partial charge in [-0.05, 0) is 80.5 Å². The lowest BCUT2D eigenvalue weighted by atomic mass is 9.87. The first-order chi connectivity index (χ1) is 17.0. The van der Waals surface area contributed by atoms with Gasteiger partial charge in [0, 0.05) is 37.3 Å². The van der Waals surface area contributed by atoms with Crippen molar-refractivity contribution in [2.45, 2.75) is 38.1 Å². The summed E-state index contributed by atoms with van der Waals surface area (Å²) in [5.41, 5.74) is 0.877. The molecule has 0 bridgehead atoms. The molecular formula is C27H32FN3O4. The van der Waals surface area contributed by atoms with Crippen LogP contribution in [0.15, 0.2) is 48.5 Å². The Morgan fingerprint density at radius 1 is 0.914 bits per heavy atom. The highest BCUT2D eigenvalue weighted by atomic mass is 19.1. The highest BCUT2D eigenvalue weighted by Gasteiger charge is 2.36. The molecule has 2 aromatic rings. The average molecular weight is 482 g/mol. The van der Waals surface area contributed by atoms with Crippen LogP contribution in [0.1, 0.15) is 52.8 Å². The lowest BCUT2D eigenvalue weighted by Gasteiger charge is -2.38. The third-order valence-corrected chi connectivity index (χ3v) is 6.94. The molecule has 1 atom stereocenters. The first kappa shape index (κ1) is 24.7. The van der Waals surface area contributed by atoms with E-state index in [-0.39, 0.29) is 29.5 Å². The molecule has 0 saturated carbocycles. The van der Waals surface area contributed by atoms with Crippen molar-refractivity contribution in [3.8, 4) is 5.75 Å². The van der Waals surface area contributed by atoms with Crippen molar-refractivity contribution in [2.24, 2.45) is 5.92 Å². The minimum absolute atomic E-state index is 0.0516. The second-order valence-electron chi connectivity index (χ2n) is 9.21. The maximum Gasteiger partial charge on any atom is 0.253 e. The van der Waals surface area contributed by atoms with Gasteiger partial charge in [-0.2, -0.15) is 0 Å². The summed E-state index contributed by atoms with van der Waals surface area (Å²) < 4.78 is 18.5. The number of rotatable bonds is 6. The fourth-order valence-corrected chi connectivity index (χ4v) is 4.89. The van der Waals surface area contributed by atoms with E-state index in [2.05, 4.69) is 5.32 Å². The van der Waals surface area contributed by atoms with E-state index in [0.29, 0.717) is 55.9 Å². The number of halogens is 1. The van der Waals surface area contributed by atoms with Gasteiger partial charge in [-0.1, -0.05) is 6.07 Å². The van der Waals surface area contributed by atoms with Gasteiger partial charge in [0.05, 0.1) is 7.11 Å². The van der Waals surface area contributed by atoms with Crippen LogP contribution in [0, 0.1) is 11.7 Å². The predicted molar refractivity (Wildman–Crippen MR) is 130 cm³/mol. The van der Waals surface area contributed by atoms with Crippen LogP contribution >= 0.6 is 0 Å². The monoisotopic (exact) mass is 481 g/mol. The van der Waals surface area contributed by atoms with Crippen molar-refractivity contribution in [1.29, 1.82) is 0 Å². The summed E-state index contributed by atoms with van der Waals surface area (Å²) in [6.45, 7) is 2.35. The van der Waals surface area contributed by atoms with Crippen LogP contribution in [0.2, 0.25) is 0 Å². The highest BCUT2D eigenvalue weighted by molar-refractivity contribution is 5.98. The Kier molecular flexibility index (Phi) is 8.00. The molecule has 3 amide bonds. The second-order valence-corrected chi connectivity index (χ2v) is 9.21. The van der Waals surface area contributed by atoms with Crippen molar-refractivity contribution < 1.29 is 23.5 Å². The van der Waals surface area contributed by atoms with Crippen molar-refractivity contribution in [3.63, 3.8) is 0 Å². The van der Waals surface area contributed by atoms with Gasteiger partial charge >= 0.3 is 0 Å². The van der Waals surface area contributed by atoms with E-state index in [1.54, 1.807) is 36.3 Å². The normalized spacial score (nSPS) is 17.5. The molecule has 0 aliphatic carbocycles. The van der Waals surface area contributed by atoms with Gasteiger partial charge in [0.15, 0.2) is 0 Å². The summed E-state index contributed by atoms with van der Waals surface area (Å²) in [7, 11) is 1.54. The van der Waals surface area contributed by atoms with Gasteiger partial charge in [0.2, 0.25) is 5.91 Å². The average Bonchev–Trinajstić information content (AvgIpc) is 2.92. The molecule has 2 aromatic carbocycles. The van der Waals surface area contributed by atoms with Crippen LogP contribution in [0.4, 0.5) is 4.39 Å². The Balaban J connectivity index is 1.47. The van der Waals surface area contributed by atoms with Gasteiger partial charge in [-0.3, -0.25) is 14.4 Å². The number of benzene rings is 2. The molecule has 2 heterocycles. The van der Waals surface area contributed by atoms with Gasteiger partial charge < -0.3 is 19.9 Å². The smallest absolute Gasteiger partial charge is 0.253 e. The molecule has 1 N–H and O–H groups in total. The molecule has 0 spiro atoms. The first-order valence-electron chi connectivity index (χ1n) is 12.2. The zero-order valence-corrected chi connectivity index (χ0v) is 20.0. The van der Waals surface area contributed by atoms with Crippen LogP contribution in [-0.4, -0.2) is 66.9 Å². The second kappa shape index (κ2) is 11.3. The fraction of sp³-hybridized carbons (Fsp3) is 0.444. The Morgan fingerprint density at radius 3 is 2.26 bits per heavy atom. The summed E-state index contributed by atoms with van der Waals surface area (Å²) in [5, 5.41) is 3.00. The topological polar surface area (TPSA) is 79.0 Å². The first-order valence-corrected chi connectivity index (χ1v) is 12.2. The number of carbonyl (C=O) groups excluding carboxylic acids is 3. The number of likely N-dealkylation sites (tertiary alicyclic amines) is 2. The van der Waals surface area contributed by atoms with E-state index in [1.165, 1.54) is 24.3 Å². The predicted octanol–water partition coefficient (Wildman–Crippen LogP) is 3.50. The summed E-state index contributed by atoms with van der Waals surface area (Å²) in [5.74, 6) is -0.414.